The van der Waals surface area contributed by atoms with Gasteiger partial charge in [-0.3, -0.25) is 0 Å². The topological polar surface area (TPSA) is 21.3 Å². The summed E-state index contributed by atoms with van der Waals surface area (Å²) in [7, 11) is 1.70. The Morgan fingerprint density at radius 2 is 2.25 bits per heavy atom. The number of halogens is 1. The lowest BCUT2D eigenvalue weighted by atomic mass is 10.1. The predicted molar refractivity (Wildman–Crippen MR) is 64.1 cm³/mol. The van der Waals surface area contributed by atoms with Gasteiger partial charge in [0.15, 0.2) is 0 Å². The highest BCUT2D eigenvalue weighted by Gasteiger charge is 2.06. The average Bonchev–Trinajstić information content (AvgIpc) is 2.27. The Kier molecular flexibility index (Phi) is 6.04. The van der Waals surface area contributed by atoms with Gasteiger partial charge >= 0.3 is 0 Å². The SMILES string of the molecule is CCNC(CCc1cccc(F)c1)COC. The molecule has 3 heteroatoms. The van der Waals surface area contributed by atoms with Gasteiger partial charge in [0.05, 0.1) is 6.61 Å². The number of nitrogens with one attached hydrogen (secondary N) is 1. The van der Waals surface area contributed by atoms with Crippen molar-refractivity contribution in [1.29, 1.82) is 0 Å². The van der Waals surface area contributed by atoms with E-state index in [-0.39, 0.29) is 5.82 Å². The van der Waals surface area contributed by atoms with Crippen LogP contribution in [0.5, 0.6) is 0 Å². The Morgan fingerprint density at radius 1 is 1.44 bits per heavy atom. The predicted octanol–water partition coefficient (Wildman–Crippen LogP) is 2.38. The number of hydrogen-bond donors (Lipinski definition) is 1. The molecule has 16 heavy (non-hydrogen) atoms. The van der Waals surface area contributed by atoms with E-state index in [4.69, 9.17) is 4.74 Å². The van der Waals surface area contributed by atoms with Gasteiger partial charge in [-0.05, 0) is 37.1 Å². The Morgan fingerprint density at radius 3 is 2.88 bits per heavy atom. The summed E-state index contributed by atoms with van der Waals surface area (Å²) < 4.78 is 18.1. The molecule has 90 valence electrons. The van der Waals surface area contributed by atoms with Gasteiger partial charge in [0.2, 0.25) is 0 Å². The average molecular weight is 225 g/mol. The molecule has 0 fully saturated rings. The highest BCUT2D eigenvalue weighted by atomic mass is 19.1. The molecule has 0 bridgehead atoms. The summed E-state index contributed by atoms with van der Waals surface area (Å²) >= 11 is 0. The van der Waals surface area contributed by atoms with Gasteiger partial charge in [-0.15, -0.1) is 0 Å². The van der Waals surface area contributed by atoms with Crippen molar-refractivity contribution in [3.8, 4) is 0 Å². The molecule has 1 N–H and O–H groups in total. The van der Waals surface area contributed by atoms with Crippen LogP contribution in [0.4, 0.5) is 4.39 Å². The minimum Gasteiger partial charge on any atom is -0.383 e. The summed E-state index contributed by atoms with van der Waals surface area (Å²) in [6, 6.07) is 7.12. The third kappa shape index (κ3) is 4.73. The van der Waals surface area contributed by atoms with Gasteiger partial charge in [-0.25, -0.2) is 4.39 Å². The fourth-order valence-electron chi connectivity index (χ4n) is 1.77. The number of rotatable bonds is 7. The summed E-state index contributed by atoms with van der Waals surface area (Å²) in [6.45, 7) is 3.70. The lowest BCUT2D eigenvalue weighted by Crippen LogP contribution is -2.33. The van der Waals surface area contributed by atoms with E-state index in [1.54, 1.807) is 19.2 Å². The summed E-state index contributed by atoms with van der Waals surface area (Å²) in [5, 5.41) is 3.35. The van der Waals surface area contributed by atoms with Gasteiger partial charge in [-0.1, -0.05) is 19.1 Å². The van der Waals surface area contributed by atoms with Crippen molar-refractivity contribution in [2.75, 3.05) is 20.3 Å². The van der Waals surface area contributed by atoms with Crippen molar-refractivity contribution in [2.24, 2.45) is 0 Å². The minimum absolute atomic E-state index is 0.163. The zero-order valence-electron chi connectivity index (χ0n) is 10.0. The van der Waals surface area contributed by atoms with Crippen LogP contribution in [0.3, 0.4) is 0 Å². The number of benzene rings is 1. The summed E-state index contributed by atoms with van der Waals surface area (Å²) in [5.41, 5.74) is 1.04. The number of hydrogen-bond acceptors (Lipinski definition) is 2. The molecule has 1 aromatic carbocycles. The van der Waals surface area contributed by atoms with Crippen LogP contribution in [-0.4, -0.2) is 26.3 Å². The van der Waals surface area contributed by atoms with E-state index in [9.17, 15) is 4.39 Å². The number of ether oxygens (including phenoxy) is 1. The number of likely N-dealkylation sites (N-methyl/N-ethyl adjacent to an activating group) is 1. The largest absolute Gasteiger partial charge is 0.383 e. The second-order valence-electron chi connectivity index (χ2n) is 3.88. The molecule has 0 saturated carbocycles. The third-order valence-corrected chi connectivity index (χ3v) is 2.53. The van der Waals surface area contributed by atoms with Crippen molar-refractivity contribution < 1.29 is 9.13 Å². The number of methoxy groups -OCH3 is 1. The van der Waals surface area contributed by atoms with Gasteiger partial charge in [0, 0.05) is 13.2 Å². The quantitative estimate of drug-likeness (QED) is 0.769. The smallest absolute Gasteiger partial charge is 0.123 e. The van der Waals surface area contributed by atoms with E-state index in [0.717, 1.165) is 24.9 Å². The van der Waals surface area contributed by atoms with E-state index in [1.165, 1.54) is 6.07 Å². The molecule has 1 unspecified atom stereocenters. The highest BCUT2D eigenvalue weighted by molar-refractivity contribution is 5.16. The van der Waals surface area contributed by atoms with Crippen LogP contribution < -0.4 is 5.32 Å². The van der Waals surface area contributed by atoms with Gasteiger partial charge < -0.3 is 10.1 Å². The van der Waals surface area contributed by atoms with E-state index < -0.39 is 0 Å². The zero-order valence-corrected chi connectivity index (χ0v) is 10.0. The van der Waals surface area contributed by atoms with Crippen molar-refractivity contribution in [3.05, 3.63) is 35.6 Å². The maximum absolute atomic E-state index is 12.9. The van der Waals surface area contributed by atoms with Crippen LogP contribution in [0.2, 0.25) is 0 Å². The summed E-state index contributed by atoms with van der Waals surface area (Å²) in [4.78, 5) is 0. The normalized spacial score (nSPS) is 12.7. The molecule has 1 aromatic rings. The fourth-order valence-corrected chi connectivity index (χ4v) is 1.77. The van der Waals surface area contributed by atoms with Gasteiger partial charge in [0.25, 0.3) is 0 Å². The zero-order chi connectivity index (χ0) is 11.8. The van der Waals surface area contributed by atoms with Crippen LogP contribution in [0.25, 0.3) is 0 Å². The Hall–Kier alpha value is -0.930. The van der Waals surface area contributed by atoms with E-state index >= 15 is 0 Å². The first-order chi connectivity index (χ1) is 7.76. The molecule has 0 amide bonds. The first kappa shape index (κ1) is 13.1. The minimum atomic E-state index is -0.163. The van der Waals surface area contributed by atoms with E-state index in [1.807, 2.05) is 6.07 Å². The highest BCUT2D eigenvalue weighted by Crippen LogP contribution is 2.08. The first-order valence-corrected chi connectivity index (χ1v) is 5.73. The maximum atomic E-state index is 12.9. The van der Waals surface area contributed by atoms with E-state index in [2.05, 4.69) is 12.2 Å². The molecule has 0 heterocycles. The second kappa shape index (κ2) is 7.36. The summed E-state index contributed by atoms with van der Waals surface area (Å²) in [6.07, 6.45) is 1.84. The van der Waals surface area contributed by atoms with E-state index in [0.29, 0.717) is 12.6 Å². The molecule has 2 nitrogen and oxygen atoms in total. The molecule has 0 aliphatic rings. The Balaban J connectivity index is 2.41. The van der Waals surface area contributed by atoms with Gasteiger partial charge in [0.1, 0.15) is 5.82 Å². The van der Waals surface area contributed by atoms with Crippen molar-refractivity contribution in [1.82, 2.24) is 5.32 Å². The molecule has 0 radical (unpaired) electrons. The second-order valence-corrected chi connectivity index (χ2v) is 3.88. The van der Waals surface area contributed by atoms with Crippen LogP contribution in [-0.2, 0) is 11.2 Å². The monoisotopic (exact) mass is 225 g/mol. The van der Waals surface area contributed by atoms with Gasteiger partial charge in [-0.2, -0.15) is 0 Å². The molecule has 0 saturated heterocycles. The Bertz CT molecular complexity index is 298. The molecule has 1 rings (SSSR count). The fraction of sp³-hybridized carbons (Fsp3) is 0.538. The standard InChI is InChI=1S/C13H20FNO/c1-3-15-13(10-16-2)8-7-11-5-4-6-12(14)9-11/h4-6,9,13,15H,3,7-8,10H2,1-2H3. The lowest BCUT2D eigenvalue weighted by Gasteiger charge is -2.16. The van der Waals surface area contributed by atoms with Crippen molar-refractivity contribution >= 4 is 0 Å². The molecule has 0 spiro atoms. The number of aryl methyl sites for hydroxylation is 1. The van der Waals surface area contributed by atoms with Crippen LogP contribution in [0.1, 0.15) is 18.9 Å². The summed E-state index contributed by atoms with van der Waals surface area (Å²) in [5.74, 6) is -0.163. The molecular weight excluding hydrogens is 205 g/mol. The molecule has 1 atom stereocenters. The molecular formula is C13H20FNO. The molecule has 0 aliphatic carbocycles. The third-order valence-electron chi connectivity index (χ3n) is 2.53. The maximum Gasteiger partial charge on any atom is 0.123 e. The molecule has 0 aliphatic heterocycles. The van der Waals surface area contributed by atoms with Crippen LogP contribution >= 0.6 is 0 Å². The lowest BCUT2D eigenvalue weighted by molar-refractivity contribution is 0.163. The van der Waals surface area contributed by atoms with Crippen molar-refractivity contribution in [2.45, 2.75) is 25.8 Å². The van der Waals surface area contributed by atoms with Crippen LogP contribution in [0, 0.1) is 5.82 Å². The first-order valence-electron chi connectivity index (χ1n) is 5.73. The van der Waals surface area contributed by atoms with Crippen LogP contribution in [0.15, 0.2) is 24.3 Å². The van der Waals surface area contributed by atoms with Crippen molar-refractivity contribution in [3.63, 3.8) is 0 Å². The molecule has 0 aromatic heterocycles. The Labute approximate surface area is 96.8 Å².